The van der Waals surface area contributed by atoms with Crippen LogP contribution in [0, 0.1) is 17.1 Å². The molecular weight excluding hydrogens is 283 g/mol. The zero-order chi connectivity index (χ0) is 15.4. The van der Waals surface area contributed by atoms with Crippen molar-refractivity contribution in [3.63, 3.8) is 0 Å². The van der Waals surface area contributed by atoms with Crippen LogP contribution in [0.4, 0.5) is 4.39 Å². The molecular formula is C16H9FN4O. The van der Waals surface area contributed by atoms with E-state index >= 15 is 0 Å². The van der Waals surface area contributed by atoms with Crippen LogP contribution in [-0.4, -0.2) is 15.2 Å². The molecule has 0 spiro atoms. The first-order chi connectivity index (χ1) is 10.7. The van der Waals surface area contributed by atoms with E-state index < -0.39 is 0 Å². The van der Waals surface area contributed by atoms with Crippen molar-refractivity contribution in [2.24, 2.45) is 0 Å². The number of nitrogens with zero attached hydrogens (tertiary/aromatic N) is 4. The first-order valence-electron chi connectivity index (χ1n) is 6.38. The van der Waals surface area contributed by atoms with E-state index in [1.165, 1.54) is 18.3 Å². The summed E-state index contributed by atoms with van der Waals surface area (Å²) in [6, 6.07) is 14.7. The van der Waals surface area contributed by atoms with E-state index in [0.717, 1.165) is 5.56 Å². The fraction of sp³-hybridized carbons (Fsp3) is 0. The number of ether oxygens (including phenoxy) is 1. The van der Waals surface area contributed by atoms with Gasteiger partial charge in [0.15, 0.2) is 11.5 Å². The number of aromatic nitrogens is 3. The van der Waals surface area contributed by atoms with Crippen molar-refractivity contribution >= 4 is 0 Å². The number of halogens is 1. The summed E-state index contributed by atoms with van der Waals surface area (Å²) in [5.74, 6) is 1.19. The number of benzene rings is 2. The average Bonchev–Trinajstić information content (AvgIpc) is 2.58. The van der Waals surface area contributed by atoms with E-state index in [2.05, 4.69) is 15.2 Å². The Hall–Kier alpha value is -3.33. The third-order valence-corrected chi connectivity index (χ3v) is 2.84. The standard InChI is InChI=1S/C16H9FN4O/c17-12-3-7-15(8-4-12)22-14-5-1-11(2-6-14)16-20-13(9-18)10-19-21-16/h1-8,10H. The van der Waals surface area contributed by atoms with Crippen molar-refractivity contribution in [1.29, 1.82) is 5.26 Å². The molecule has 3 aromatic rings. The largest absolute Gasteiger partial charge is 0.457 e. The van der Waals surface area contributed by atoms with Gasteiger partial charge < -0.3 is 4.74 Å². The van der Waals surface area contributed by atoms with Crippen molar-refractivity contribution in [2.75, 3.05) is 0 Å². The van der Waals surface area contributed by atoms with Gasteiger partial charge >= 0.3 is 0 Å². The second-order valence-corrected chi connectivity index (χ2v) is 4.36. The highest BCUT2D eigenvalue weighted by molar-refractivity contribution is 5.56. The van der Waals surface area contributed by atoms with Gasteiger partial charge in [0.2, 0.25) is 0 Å². The molecule has 0 aliphatic rings. The molecule has 106 valence electrons. The first kappa shape index (κ1) is 13.6. The molecule has 22 heavy (non-hydrogen) atoms. The molecule has 0 bridgehead atoms. The molecule has 1 heterocycles. The minimum Gasteiger partial charge on any atom is -0.457 e. The summed E-state index contributed by atoms with van der Waals surface area (Å²) in [5.41, 5.74) is 0.924. The Morgan fingerprint density at radius 2 is 1.59 bits per heavy atom. The number of nitriles is 1. The summed E-state index contributed by atoms with van der Waals surface area (Å²) in [4.78, 5) is 4.07. The molecule has 0 amide bonds. The second kappa shape index (κ2) is 5.97. The Labute approximate surface area is 125 Å². The predicted molar refractivity (Wildman–Crippen MR) is 76.5 cm³/mol. The zero-order valence-corrected chi connectivity index (χ0v) is 11.3. The molecule has 0 N–H and O–H groups in total. The van der Waals surface area contributed by atoms with Gasteiger partial charge in [0.05, 0.1) is 6.20 Å². The van der Waals surface area contributed by atoms with Crippen molar-refractivity contribution < 1.29 is 9.13 Å². The molecule has 0 atom stereocenters. The Bertz CT molecular complexity index is 826. The molecule has 0 radical (unpaired) electrons. The van der Waals surface area contributed by atoms with Crippen molar-refractivity contribution in [1.82, 2.24) is 15.2 Å². The molecule has 2 aromatic carbocycles. The smallest absolute Gasteiger partial charge is 0.183 e. The van der Waals surface area contributed by atoms with Crippen LogP contribution in [-0.2, 0) is 0 Å². The summed E-state index contributed by atoms with van der Waals surface area (Å²) in [5, 5.41) is 16.4. The van der Waals surface area contributed by atoms with Gasteiger partial charge in [0.25, 0.3) is 0 Å². The van der Waals surface area contributed by atoms with E-state index in [9.17, 15) is 4.39 Å². The van der Waals surface area contributed by atoms with Crippen LogP contribution in [0.1, 0.15) is 5.69 Å². The molecule has 1 aromatic heterocycles. The zero-order valence-electron chi connectivity index (χ0n) is 11.3. The fourth-order valence-corrected chi connectivity index (χ4v) is 1.79. The van der Waals surface area contributed by atoms with Gasteiger partial charge in [-0.2, -0.15) is 10.4 Å². The lowest BCUT2D eigenvalue weighted by Crippen LogP contribution is -1.94. The van der Waals surface area contributed by atoms with Gasteiger partial charge in [-0.1, -0.05) is 0 Å². The van der Waals surface area contributed by atoms with Crippen LogP contribution < -0.4 is 4.74 Å². The normalized spacial score (nSPS) is 10.0. The molecule has 0 fully saturated rings. The minimum absolute atomic E-state index is 0.205. The summed E-state index contributed by atoms with van der Waals surface area (Å²) in [7, 11) is 0. The topological polar surface area (TPSA) is 71.7 Å². The van der Waals surface area contributed by atoms with Crippen LogP contribution in [0.5, 0.6) is 11.5 Å². The lowest BCUT2D eigenvalue weighted by molar-refractivity contribution is 0.480. The molecule has 0 aliphatic heterocycles. The van der Waals surface area contributed by atoms with E-state index in [0.29, 0.717) is 17.3 Å². The molecule has 0 saturated heterocycles. The van der Waals surface area contributed by atoms with E-state index in [1.807, 2.05) is 6.07 Å². The van der Waals surface area contributed by atoms with Crippen LogP contribution in [0.25, 0.3) is 11.4 Å². The molecule has 6 heteroatoms. The number of hydrogen-bond acceptors (Lipinski definition) is 5. The maximum absolute atomic E-state index is 12.8. The lowest BCUT2D eigenvalue weighted by atomic mass is 10.2. The highest BCUT2D eigenvalue weighted by Crippen LogP contribution is 2.24. The third-order valence-electron chi connectivity index (χ3n) is 2.84. The number of hydrogen-bond donors (Lipinski definition) is 0. The quantitative estimate of drug-likeness (QED) is 0.740. The SMILES string of the molecule is N#Cc1cnnc(-c2ccc(Oc3ccc(F)cc3)cc2)n1. The molecule has 3 rings (SSSR count). The summed E-state index contributed by atoms with van der Waals surface area (Å²) in [6.07, 6.45) is 1.30. The van der Waals surface area contributed by atoms with E-state index in [-0.39, 0.29) is 11.5 Å². The molecule has 0 unspecified atom stereocenters. The van der Waals surface area contributed by atoms with Crippen molar-refractivity contribution in [3.05, 3.63) is 66.2 Å². The van der Waals surface area contributed by atoms with Gasteiger partial charge in [-0.15, -0.1) is 5.10 Å². The summed E-state index contributed by atoms with van der Waals surface area (Å²) >= 11 is 0. The Morgan fingerprint density at radius 3 is 2.23 bits per heavy atom. The maximum atomic E-state index is 12.8. The van der Waals surface area contributed by atoms with E-state index in [4.69, 9.17) is 10.00 Å². The van der Waals surface area contributed by atoms with Gasteiger partial charge in [-0.05, 0) is 48.5 Å². The minimum atomic E-state index is -0.315. The summed E-state index contributed by atoms with van der Waals surface area (Å²) < 4.78 is 18.4. The Balaban J connectivity index is 1.80. The molecule has 5 nitrogen and oxygen atoms in total. The second-order valence-electron chi connectivity index (χ2n) is 4.36. The number of rotatable bonds is 3. The first-order valence-corrected chi connectivity index (χ1v) is 6.38. The molecule has 0 saturated carbocycles. The Morgan fingerprint density at radius 1 is 0.955 bits per heavy atom. The Kier molecular flexibility index (Phi) is 3.70. The van der Waals surface area contributed by atoms with Crippen LogP contribution in [0.15, 0.2) is 54.7 Å². The lowest BCUT2D eigenvalue weighted by Gasteiger charge is -2.06. The van der Waals surface area contributed by atoms with Gasteiger partial charge in [-0.3, -0.25) is 0 Å². The fourth-order valence-electron chi connectivity index (χ4n) is 1.79. The third kappa shape index (κ3) is 3.04. The monoisotopic (exact) mass is 292 g/mol. The van der Waals surface area contributed by atoms with E-state index in [1.54, 1.807) is 36.4 Å². The predicted octanol–water partition coefficient (Wildman–Crippen LogP) is 3.34. The molecule has 0 aliphatic carbocycles. The van der Waals surface area contributed by atoms with Crippen LogP contribution in [0.2, 0.25) is 0 Å². The van der Waals surface area contributed by atoms with Crippen molar-refractivity contribution in [3.8, 4) is 29.0 Å². The highest BCUT2D eigenvalue weighted by atomic mass is 19.1. The van der Waals surface area contributed by atoms with Gasteiger partial charge in [0.1, 0.15) is 23.4 Å². The maximum Gasteiger partial charge on any atom is 0.183 e. The van der Waals surface area contributed by atoms with Gasteiger partial charge in [0, 0.05) is 5.56 Å². The van der Waals surface area contributed by atoms with Crippen LogP contribution >= 0.6 is 0 Å². The summed E-state index contributed by atoms with van der Waals surface area (Å²) in [6.45, 7) is 0. The van der Waals surface area contributed by atoms with Crippen molar-refractivity contribution in [2.45, 2.75) is 0 Å². The van der Waals surface area contributed by atoms with Crippen LogP contribution in [0.3, 0.4) is 0 Å². The van der Waals surface area contributed by atoms with Gasteiger partial charge in [-0.25, -0.2) is 9.37 Å². The average molecular weight is 292 g/mol. The highest BCUT2D eigenvalue weighted by Gasteiger charge is 2.05.